The van der Waals surface area contributed by atoms with Crippen molar-refractivity contribution in [3.8, 4) is 10.6 Å². The summed E-state index contributed by atoms with van der Waals surface area (Å²) in [5.41, 5.74) is 4.24. The Bertz CT molecular complexity index is 1070. The number of thiazole rings is 1. The van der Waals surface area contributed by atoms with Crippen molar-refractivity contribution >= 4 is 32.8 Å². The molecule has 7 heteroatoms. The molecule has 0 atom stereocenters. The van der Waals surface area contributed by atoms with Gasteiger partial charge in [0.2, 0.25) is 5.91 Å². The number of sulfone groups is 1. The topological polar surface area (TPSA) is 76.1 Å². The molecule has 0 aliphatic rings. The Morgan fingerprint density at radius 1 is 1.14 bits per heavy atom. The van der Waals surface area contributed by atoms with Crippen LogP contribution in [0, 0.1) is 6.92 Å². The number of hydrogen-bond donors (Lipinski definition) is 1. The van der Waals surface area contributed by atoms with Crippen LogP contribution in [-0.2, 0) is 26.8 Å². The summed E-state index contributed by atoms with van der Waals surface area (Å²) in [6.45, 7) is 4.00. The van der Waals surface area contributed by atoms with Gasteiger partial charge in [-0.15, -0.1) is 11.3 Å². The Morgan fingerprint density at radius 3 is 2.57 bits per heavy atom. The van der Waals surface area contributed by atoms with Crippen molar-refractivity contribution in [1.82, 2.24) is 4.98 Å². The minimum Gasteiger partial charge on any atom is -0.325 e. The van der Waals surface area contributed by atoms with Gasteiger partial charge in [-0.2, -0.15) is 0 Å². The first kappa shape index (κ1) is 20.2. The first-order chi connectivity index (χ1) is 13.3. The molecule has 1 amide bonds. The minimum atomic E-state index is -3.61. The molecule has 3 rings (SSSR count). The lowest BCUT2D eigenvalue weighted by atomic mass is 10.1. The van der Waals surface area contributed by atoms with Gasteiger partial charge >= 0.3 is 0 Å². The van der Waals surface area contributed by atoms with Crippen molar-refractivity contribution in [2.45, 2.75) is 26.0 Å². The van der Waals surface area contributed by atoms with E-state index in [-0.39, 0.29) is 5.75 Å². The Labute approximate surface area is 169 Å². The van der Waals surface area contributed by atoms with Crippen molar-refractivity contribution in [3.05, 3.63) is 70.7 Å². The van der Waals surface area contributed by atoms with Crippen LogP contribution in [0.15, 0.2) is 53.9 Å². The van der Waals surface area contributed by atoms with Crippen LogP contribution in [0.3, 0.4) is 0 Å². The standard InChI is InChI=1S/C21H22N2O3S2/c1-3-16-7-9-17(10-8-16)21-23-19(12-27-21)13-28(25,26)14-20(24)22-18-6-4-5-15(2)11-18/h4-12H,3,13-14H2,1-2H3,(H,22,24). The fraction of sp³-hybridized carbons (Fsp3) is 0.238. The van der Waals surface area contributed by atoms with E-state index in [9.17, 15) is 13.2 Å². The molecule has 146 valence electrons. The summed E-state index contributed by atoms with van der Waals surface area (Å²) in [6.07, 6.45) is 0.965. The molecule has 1 N–H and O–H groups in total. The van der Waals surface area contributed by atoms with Crippen molar-refractivity contribution in [3.63, 3.8) is 0 Å². The molecule has 0 aliphatic carbocycles. The molecule has 0 bridgehead atoms. The summed E-state index contributed by atoms with van der Waals surface area (Å²) in [5, 5.41) is 5.14. The SMILES string of the molecule is CCc1ccc(-c2nc(CS(=O)(=O)CC(=O)Nc3cccc(C)c3)cs2)cc1. The van der Waals surface area contributed by atoms with Crippen LogP contribution < -0.4 is 5.32 Å². The van der Waals surface area contributed by atoms with E-state index in [4.69, 9.17) is 0 Å². The molecule has 0 spiro atoms. The smallest absolute Gasteiger partial charge is 0.239 e. The van der Waals surface area contributed by atoms with Gasteiger partial charge in [0, 0.05) is 16.6 Å². The van der Waals surface area contributed by atoms with Gasteiger partial charge in [0.05, 0.1) is 11.4 Å². The van der Waals surface area contributed by atoms with E-state index >= 15 is 0 Å². The van der Waals surface area contributed by atoms with E-state index in [1.54, 1.807) is 17.5 Å². The van der Waals surface area contributed by atoms with E-state index in [1.165, 1.54) is 16.9 Å². The summed E-state index contributed by atoms with van der Waals surface area (Å²) in [5.74, 6) is -1.37. The van der Waals surface area contributed by atoms with Crippen LogP contribution in [0.4, 0.5) is 5.69 Å². The summed E-state index contributed by atoms with van der Waals surface area (Å²) in [6, 6.07) is 15.3. The van der Waals surface area contributed by atoms with E-state index in [2.05, 4.69) is 17.2 Å². The maximum Gasteiger partial charge on any atom is 0.239 e. The number of carbonyl (C=O) groups excluding carboxylic acids is 1. The Hall–Kier alpha value is -2.51. The molecule has 3 aromatic rings. The number of nitrogens with one attached hydrogen (secondary N) is 1. The summed E-state index contributed by atoms with van der Waals surface area (Å²) in [4.78, 5) is 16.5. The van der Waals surface area contributed by atoms with E-state index in [0.29, 0.717) is 11.4 Å². The zero-order chi connectivity index (χ0) is 20.1. The highest BCUT2D eigenvalue weighted by atomic mass is 32.2. The van der Waals surface area contributed by atoms with Gasteiger partial charge in [-0.25, -0.2) is 13.4 Å². The molecule has 2 aromatic carbocycles. The van der Waals surface area contributed by atoms with Gasteiger partial charge < -0.3 is 5.32 Å². The second kappa shape index (κ2) is 8.67. The quantitative estimate of drug-likeness (QED) is 0.628. The van der Waals surface area contributed by atoms with Gasteiger partial charge in [0.15, 0.2) is 9.84 Å². The molecule has 0 saturated carbocycles. The third-order valence-electron chi connectivity index (χ3n) is 4.18. The molecule has 28 heavy (non-hydrogen) atoms. The first-order valence-corrected chi connectivity index (χ1v) is 11.7. The second-order valence-corrected chi connectivity index (χ2v) is 9.57. The molecule has 0 unspecified atom stereocenters. The van der Waals surface area contributed by atoms with Gasteiger partial charge in [-0.3, -0.25) is 4.79 Å². The predicted molar refractivity (Wildman–Crippen MR) is 114 cm³/mol. The fourth-order valence-electron chi connectivity index (χ4n) is 2.78. The number of benzene rings is 2. The maximum atomic E-state index is 12.4. The number of carbonyl (C=O) groups is 1. The molecular formula is C21H22N2O3S2. The normalized spacial score (nSPS) is 11.4. The van der Waals surface area contributed by atoms with E-state index in [0.717, 1.165) is 22.6 Å². The van der Waals surface area contributed by atoms with Crippen LogP contribution in [0.25, 0.3) is 10.6 Å². The molecular weight excluding hydrogens is 392 g/mol. The largest absolute Gasteiger partial charge is 0.325 e. The minimum absolute atomic E-state index is 0.252. The van der Waals surface area contributed by atoms with Crippen LogP contribution in [0.1, 0.15) is 23.7 Å². The Balaban J connectivity index is 1.63. The number of amides is 1. The fourth-order valence-corrected chi connectivity index (χ4v) is 4.89. The molecule has 5 nitrogen and oxygen atoms in total. The van der Waals surface area contributed by atoms with Crippen LogP contribution in [-0.4, -0.2) is 25.1 Å². The van der Waals surface area contributed by atoms with E-state index < -0.39 is 21.5 Å². The number of rotatable bonds is 7. The third kappa shape index (κ3) is 5.50. The lowest BCUT2D eigenvalue weighted by molar-refractivity contribution is -0.113. The van der Waals surface area contributed by atoms with Crippen LogP contribution >= 0.6 is 11.3 Å². The van der Waals surface area contributed by atoms with Crippen LogP contribution in [0.2, 0.25) is 0 Å². The molecule has 0 radical (unpaired) electrons. The highest BCUT2D eigenvalue weighted by Gasteiger charge is 2.19. The van der Waals surface area contributed by atoms with Crippen molar-refractivity contribution in [1.29, 1.82) is 0 Å². The molecule has 1 aromatic heterocycles. The van der Waals surface area contributed by atoms with Crippen molar-refractivity contribution in [2.24, 2.45) is 0 Å². The zero-order valence-corrected chi connectivity index (χ0v) is 17.4. The third-order valence-corrected chi connectivity index (χ3v) is 6.56. The van der Waals surface area contributed by atoms with Gasteiger partial charge in [0.1, 0.15) is 10.8 Å². The maximum absolute atomic E-state index is 12.4. The molecule has 0 aliphatic heterocycles. The van der Waals surface area contributed by atoms with Crippen LogP contribution in [0.5, 0.6) is 0 Å². The zero-order valence-electron chi connectivity index (χ0n) is 15.8. The lowest BCUT2D eigenvalue weighted by Crippen LogP contribution is -2.24. The number of hydrogen-bond acceptors (Lipinski definition) is 5. The van der Waals surface area contributed by atoms with Gasteiger partial charge in [-0.1, -0.05) is 43.3 Å². The number of anilines is 1. The Morgan fingerprint density at radius 2 is 1.89 bits per heavy atom. The first-order valence-electron chi connectivity index (χ1n) is 8.95. The van der Waals surface area contributed by atoms with Gasteiger partial charge in [0.25, 0.3) is 0 Å². The lowest BCUT2D eigenvalue weighted by Gasteiger charge is -2.06. The van der Waals surface area contributed by atoms with Gasteiger partial charge in [-0.05, 0) is 36.6 Å². The van der Waals surface area contributed by atoms with Crippen molar-refractivity contribution < 1.29 is 13.2 Å². The number of nitrogens with zero attached hydrogens (tertiary/aromatic N) is 1. The second-order valence-electron chi connectivity index (χ2n) is 6.64. The highest BCUT2D eigenvalue weighted by Crippen LogP contribution is 2.25. The monoisotopic (exact) mass is 414 g/mol. The molecule has 0 fully saturated rings. The average Bonchev–Trinajstić information content (AvgIpc) is 3.08. The summed E-state index contributed by atoms with van der Waals surface area (Å²) in [7, 11) is -3.61. The number of aryl methyl sites for hydroxylation is 2. The molecule has 0 saturated heterocycles. The average molecular weight is 415 g/mol. The van der Waals surface area contributed by atoms with E-state index in [1.807, 2.05) is 43.3 Å². The number of aromatic nitrogens is 1. The predicted octanol–water partition coefficient (Wildman–Crippen LogP) is 4.23. The molecule has 1 heterocycles. The highest BCUT2D eigenvalue weighted by molar-refractivity contribution is 7.91. The summed E-state index contributed by atoms with van der Waals surface area (Å²) >= 11 is 1.40. The summed E-state index contributed by atoms with van der Waals surface area (Å²) < 4.78 is 24.8. The van der Waals surface area contributed by atoms with Crippen molar-refractivity contribution in [2.75, 3.05) is 11.1 Å². The Kier molecular flexibility index (Phi) is 6.26.